The van der Waals surface area contributed by atoms with Crippen LogP contribution in [0.1, 0.15) is 135 Å². The van der Waals surface area contributed by atoms with E-state index >= 15 is 0 Å². The molecule has 0 aromatic heterocycles. The summed E-state index contributed by atoms with van der Waals surface area (Å²) in [5, 5.41) is 22.7. The number of hydrogen-bond donors (Lipinski definition) is 6. The van der Waals surface area contributed by atoms with Crippen molar-refractivity contribution in [2.24, 2.45) is 0 Å². The minimum absolute atomic E-state index is 0.185. The summed E-state index contributed by atoms with van der Waals surface area (Å²) < 4.78 is 0. The number of carbonyl (C=O) groups is 6. The van der Waals surface area contributed by atoms with E-state index in [9.17, 15) is 33.9 Å². The van der Waals surface area contributed by atoms with Crippen LogP contribution in [0, 0.1) is 0 Å². The van der Waals surface area contributed by atoms with Gasteiger partial charge in [-0.2, -0.15) is 11.0 Å². The van der Waals surface area contributed by atoms with Gasteiger partial charge in [0.05, 0.1) is 0 Å². The standard InChI is InChI=1S/C29H52N4O12/c1-2-3-22-30-28(40)42-45-33-29(41)43-44-32-25(35)21-20-23(27(38)39)31-24(34)18-16-14-12-10-8-6-4-5-7-9-11-13-15-17-19-26(36)37/h23H,2-22H2,1H3,(H,30,40)(H,31,34)(H,32,35)(H,33,41)(H,36,37)(H,38,39). The number of nitrogens with one attached hydrogen (secondary N) is 4. The molecule has 0 aliphatic heterocycles. The van der Waals surface area contributed by atoms with E-state index in [2.05, 4.69) is 30.4 Å². The van der Waals surface area contributed by atoms with Gasteiger partial charge < -0.3 is 20.8 Å². The molecule has 4 amide bonds. The summed E-state index contributed by atoms with van der Waals surface area (Å²) >= 11 is 0. The average molecular weight is 649 g/mol. The Morgan fingerprint density at radius 2 is 1.07 bits per heavy atom. The van der Waals surface area contributed by atoms with Gasteiger partial charge in [0, 0.05) is 25.8 Å². The third-order valence-corrected chi connectivity index (χ3v) is 6.65. The van der Waals surface area contributed by atoms with Crippen LogP contribution in [-0.4, -0.2) is 58.7 Å². The van der Waals surface area contributed by atoms with E-state index in [0.717, 1.165) is 57.8 Å². The van der Waals surface area contributed by atoms with Gasteiger partial charge in [0.25, 0.3) is 0 Å². The fourth-order valence-electron chi connectivity index (χ4n) is 4.14. The predicted molar refractivity (Wildman–Crippen MR) is 160 cm³/mol. The second-order valence-electron chi connectivity index (χ2n) is 10.7. The van der Waals surface area contributed by atoms with Gasteiger partial charge in [-0.1, -0.05) is 100 Å². The lowest BCUT2D eigenvalue weighted by molar-refractivity contribution is -0.313. The van der Waals surface area contributed by atoms with Crippen molar-refractivity contribution in [1.29, 1.82) is 0 Å². The molecule has 0 saturated heterocycles. The molecule has 0 radical (unpaired) electrons. The minimum Gasteiger partial charge on any atom is -0.481 e. The van der Waals surface area contributed by atoms with Gasteiger partial charge >= 0.3 is 24.1 Å². The van der Waals surface area contributed by atoms with Crippen molar-refractivity contribution >= 4 is 35.9 Å². The molecule has 260 valence electrons. The van der Waals surface area contributed by atoms with E-state index in [1.165, 1.54) is 38.5 Å². The van der Waals surface area contributed by atoms with Crippen LogP contribution < -0.4 is 21.6 Å². The monoisotopic (exact) mass is 648 g/mol. The Bertz CT molecular complexity index is 859. The molecule has 0 rings (SSSR count). The second kappa shape index (κ2) is 29.1. The third kappa shape index (κ3) is 28.8. The van der Waals surface area contributed by atoms with Gasteiger partial charge in [-0.05, 0) is 25.7 Å². The van der Waals surface area contributed by atoms with Crippen LogP contribution in [0.2, 0.25) is 0 Å². The Balaban J connectivity index is 3.78. The van der Waals surface area contributed by atoms with E-state index in [1.54, 1.807) is 11.0 Å². The van der Waals surface area contributed by atoms with Gasteiger partial charge in [0.2, 0.25) is 11.8 Å². The molecule has 0 bridgehead atoms. The number of amides is 4. The van der Waals surface area contributed by atoms with Crippen molar-refractivity contribution < 1.29 is 58.7 Å². The molecule has 0 aliphatic carbocycles. The lowest BCUT2D eigenvalue weighted by atomic mass is 10.0. The van der Waals surface area contributed by atoms with Crippen LogP contribution in [0.15, 0.2) is 0 Å². The van der Waals surface area contributed by atoms with Crippen LogP contribution in [0.4, 0.5) is 9.59 Å². The van der Waals surface area contributed by atoms with Gasteiger partial charge in [0.1, 0.15) is 6.04 Å². The highest BCUT2D eigenvalue weighted by molar-refractivity contribution is 5.84. The molecule has 16 heteroatoms. The molecule has 0 aromatic carbocycles. The van der Waals surface area contributed by atoms with Gasteiger partial charge in [0.15, 0.2) is 0 Å². The number of hydroxylamine groups is 2. The molecule has 0 aromatic rings. The van der Waals surface area contributed by atoms with Crippen LogP contribution in [0.3, 0.4) is 0 Å². The number of rotatable bonds is 29. The van der Waals surface area contributed by atoms with E-state index in [4.69, 9.17) is 5.11 Å². The van der Waals surface area contributed by atoms with Crippen molar-refractivity contribution in [3.8, 4) is 0 Å². The molecule has 0 saturated carbocycles. The summed E-state index contributed by atoms with van der Waals surface area (Å²) in [7, 11) is 0. The molecule has 1 atom stereocenters. The van der Waals surface area contributed by atoms with Crippen molar-refractivity contribution in [2.45, 2.75) is 141 Å². The number of unbranched alkanes of at least 4 members (excludes halogenated alkanes) is 14. The van der Waals surface area contributed by atoms with E-state index in [1.807, 2.05) is 6.92 Å². The first-order valence-corrected chi connectivity index (χ1v) is 15.9. The van der Waals surface area contributed by atoms with Crippen LogP contribution in [-0.2, 0) is 38.9 Å². The Morgan fingerprint density at radius 3 is 1.58 bits per heavy atom. The summed E-state index contributed by atoms with van der Waals surface area (Å²) in [6.45, 7) is 2.29. The quantitative estimate of drug-likeness (QED) is 0.0368. The lowest BCUT2D eigenvalue weighted by Crippen LogP contribution is -2.41. The topological polar surface area (TPSA) is 228 Å². The van der Waals surface area contributed by atoms with Crippen molar-refractivity contribution in [3.63, 3.8) is 0 Å². The highest BCUT2D eigenvalue weighted by atomic mass is 17.3. The zero-order chi connectivity index (χ0) is 33.5. The van der Waals surface area contributed by atoms with Crippen LogP contribution >= 0.6 is 0 Å². The summed E-state index contributed by atoms with van der Waals surface area (Å²) in [6, 6.07) is -1.28. The highest BCUT2D eigenvalue weighted by Crippen LogP contribution is 2.14. The van der Waals surface area contributed by atoms with E-state index < -0.39 is 42.0 Å². The first-order valence-electron chi connectivity index (χ1n) is 15.9. The zero-order valence-electron chi connectivity index (χ0n) is 26.4. The number of carbonyl (C=O) groups excluding carboxylic acids is 4. The maximum atomic E-state index is 12.2. The van der Waals surface area contributed by atoms with Crippen molar-refractivity contribution in [1.82, 2.24) is 21.6 Å². The fourth-order valence-corrected chi connectivity index (χ4v) is 4.14. The molecular formula is C29H52N4O12. The Kier molecular flexibility index (Phi) is 26.7. The van der Waals surface area contributed by atoms with Gasteiger partial charge in [-0.3, -0.25) is 19.3 Å². The molecule has 45 heavy (non-hydrogen) atoms. The predicted octanol–water partition coefficient (Wildman–Crippen LogP) is 4.72. The molecule has 1 unspecified atom stereocenters. The average Bonchev–Trinajstić information content (AvgIpc) is 2.98. The maximum Gasteiger partial charge on any atom is 0.467 e. The van der Waals surface area contributed by atoms with Crippen molar-refractivity contribution in [3.05, 3.63) is 0 Å². The molecule has 0 fully saturated rings. The molecule has 0 aliphatic rings. The normalized spacial score (nSPS) is 11.2. The molecule has 6 N–H and O–H groups in total. The number of aliphatic carboxylic acids is 2. The maximum absolute atomic E-state index is 12.2. The van der Waals surface area contributed by atoms with E-state index in [-0.39, 0.29) is 25.7 Å². The summed E-state index contributed by atoms with van der Waals surface area (Å²) in [5.74, 6) is -3.25. The molecule has 0 heterocycles. The largest absolute Gasteiger partial charge is 0.481 e. The Hall–Kier alpha value is -3.66. The molecule has 0 spiro atoms. The SMILES string of the molecule is CCCCNC(=O)OONC(=O)OONC(=O)CCC(NC(=O)CCCCCCCCCCCCCCCCC(=O)O)C(=O)O. The lowest BCUT2D eigenvalue weighted by Gasteiger charge is -2.14. The molecular weight excluding hydrogens is 596 g/mol. The Morgan fingerprint density at radius 1 is 0.578 bits per heavy atom. The number of carboxylic acids is 2. The Labute approximate surface area is 264 Å². The number of hydrogen-bond acceptors (Lipinski definition) is 10. The van der Waals surface area contributed by atoms with Crippen LogP contribution in [0.5, 0.6) is 0 Å². The van der Waals surface area contributed by atoms with Crippen LogP contribution in [0.25, 0.3) is 0 Å². The summed E-state index contributed by atoms with van der Waals surface area (Å²) in [4.78, 5) is 85.1. The smallest absolute Gasteiger partial charge is 0.467 e. The summed E-state index contributed by atoms with van der Waals surface area (Å²) in [6.07, 6.45) is 13.9. The third-order valence-electron chi connectivity index (χ3n) is 6.65. The first kappa shape index (κ1) is 41.3. The zero-order valence-corrected chi connectivity index (χ0v) is 26.4. The first-order chi connectivity index (χ1) is 21.6. The highest BCUT2D eigenvalue weighted by Gasteiger charge is 2.21. The number of carboxylic acid groups (broad SMARTS) is 2. The van der Waals surface area contributed by atoms with Gasteiger partial charge in [-0.25, -0.2) is 19.3 Å². The van der Waals surface area contributed by atoms with E-state index in [0.29, 0.717) is 13.0 Å². The fraction of sp³-hybridized carbons (Fsp3) is 0.793. The van der Waals surface area contributed by atoms with Crippen molar-refractivity contribution in [2.75, 3.05) is 6.54 Å². The van der Waals surface area contributed by atoms with Gasteiger partial charge in [-0.15, -0.1) is 0 Å². The minimum atomic E-state index is -1.36. The molecule has 16 nitrogen and oxygen atoms in total. The summed E-state index contributed by atoms with van der Waals surface area (Å²) in [5.41, 5.74) is 3.32. The second-order valence-corrected chi connectivity index (χ2v) is 10.7.